The molecule has 5 heteroatoms. The topological polar surface area (TPSA) is 55.6 Å². The van der Waals surface area contributed by atoms with Crippen LogP contribution in [0.4, 0.5) is 4.39 Å². The number of likely N-dealkylation sites (N-methyl/N-ethyl adjacent to an activating group) is 1. The van der Waals surface area contributed by atoms with Crippen LogP contribution in [0.15, 0.2) is 18.2 Å². The molecule has 0 radical (unpaired) electrons. The number of carbonyl (C=O) groups excluding carboxylic acids is 1. The zero-order chi connectivity index (χ0) is 15.5. The van der Waals surface area contributed by atoms with Gasteiger partial charge in [0, 0.05) is 13.6 Å². The summed E-state index contributed by atoms with van der Waals surface area (Å²) in [4.78, 5) is 13.7. The minimum Gasteiger partial charge on any atom is -0.494 e. The summed E-state index contributed by atoms with van der Waals surface area (Å²) in [6, 6.07) is 4.06. The van der Waals surface area contributed by atoms with Gasteiger partial charge in [-0.15, -0.1) is 0 Å². The average Bonchev–Trinajstić information content (AvgIpc) is 2.36. The Balaban J connectivity index is 2.78. The molecule has 0 aliphatic rings. The largest absolute Gasteiger partial charge is 0.494 e. The SMILES string of the molecule is COc1ccc(CN(C)C(=O)C(N)C(C)(C)C)cc1F. The lowest BCUT2D eigenvalue weighted by molar-refractivity contribution is -0.134. The molecule has 0 heterocycles. The van der Waals surface area contributed by atoms with Crippen LogP contribution in [0.3, 0.4) is 0 Å². The van der Waals surface area contributed by atoms with Crippen molar-refractivity contribution in [3.05, 3.63) is 29.6 Å². The number of halogens is 1. The van der Waals surface area contributed by atoms with Gasteiger partial charge >= 0.3 is 0 Å². The Labute approximate surface area is 119 Å². The molecular weight excluding hydrogens is 259 g/mol. The number of methoxy groups -OCH3 is 1. The van der Waals surface area contributed by atoms with Crippen LogP contribution in [0.25, 0.3) is 0 Å². The molecule has 1 atom stereocenters. The van der Waals surface area contributed by atoms with E-state index in [9.17, 15) is 9.18 Å². The highest BCUT2D eigenvalue weighted by molar-refractivity contribution is 5.82. The Morgan fingerprint density at radius 3 is 2.50 bits per heavy atom. The predicted octanol–water partition coefficient (Wildman–Crippen LogP) is 2.17. The van der Waals surface area contributed by atoms with Crippen molar-refractivity contribution in [3.63, 3.8) is 0 Å². The van der Waals surface area contributed by atoms with Gasteiger partial charge in [-0.25, -0.2) is 4.39 Å². The molecule has 4 nitrogen and oxygen atoms in total. The first-order valence-electron chi connectivity index (χ1n) is 6.49. The molecule has 0 bridgehead atoms. The molecule has 2 N–H and O–H groups in total. The van der Waals surface area contributed by atoms with Crippen LogP contribution in [0, 0.1) is 11.2 Å². The molecule has 0 aromatic heterocycles. The highest BCUT2D eigenvalue weighted by Crippen LogP contribution is 2.21. The molecule has 1 aromatic rings. The van der Waals surface area contributed by atoms with Crippen LogP contribution in [-0.4, -0.2) is 31.0 Å². The number of ether oxygens (including phenoxy) is 1. The minimum atomic E-state index is -0.587. The van der Waals surface area contributed by atoms with Crippen molar-refractivity contribution in [2.75, 3.05) is 14.2 Å². The molecule has 1 amide bonds. The molecule has 1 aromatic carbocycles. The van der Waals surface area contributed by atoms with Crippen molar-refractivity contribution < 1.29 is 13.9 Å². The number of hydrogen-bond donors (Lipinski definition) is 1. The van der Waals surface area contributed by atoms with Gasteiger partial charge in [-0.05, 0) is 23.1 Å². The first kappa shape index (κ1) is 16.4. The van der Waals surface area contributed by atoms with Crippen molar-refractivity contribution in [1.82, 2.24) is 4.90 Å². The summed E-state index contributed by atoms with van der Waals surface area (Å²) in [6.45, 7) is 6.05. The third kappa shape index (κ3) is 3.93. The van der Waals surface area contributed by atoms with E-state index in [2.05, 4.69) is 0 Å². The van der Waals surface area contributed by atoms with Crippen molar-refractivity contribution >= 4 is 5.91 Å². The predicted molar refractivity (Wildman–Crippen MR) is 76.9 cm³/mol. The van der Waals surface area contributed by atoms with E-state index in [0.29, 0.717) is 12.1 Å². The Bertz CT molecular complexity index is 483. The highest BCUT2D eigenvalue weighted by Gasteiger charge is 2.29. The van der Waals surface area contributed by atoms with Crippen LogP contribution in [-0.2, 0) is 11.3 Å². The fourth-order valence-corrected chi connectivity index (χ4v) is 1.77. The quantitative estimate of drug-likeness (QED) is 0.920. The van der Waals surface area contributed by atoms with Crippen LogP contribution in [0.1, 0.15) is 26.3 Å². The van der Waals surface area contributed by atoms with E-state index in [0.717, 1.165) is 0 Å². The zero-order valence-corrected chi connectivity index (χ0v) is 12.7. The highest BCUT2D eigenvalue weighted by atomic mass is 19.1. The zero-order valence-electron chi connectivity index (χ0n) is 12.7. The standard InChI is InChI=1S/C15H23FN2O2/c1-15(2,3)13(17)14(19)18(4)9-10-6-7-12(20-5)11(16)8-10/h6-8,13H,9,17H2,1-5H3. The summed E-state index contributed by atoms with van der Waals surface area (Å²) in [5.41, 5.74) is 6.32. The molecule has 0 saturated heterocycles. The van der Waals surface area contributed by atoms with E-state index in [-0.39, 0.29) is 17.1 Å². The van der Waals surface area contributed by atoms with Gasteiger partial charge in [-0.2, -0.15) is 0 Å². The average molecular weight is 282 g/mol. The summed E-state index contributed by atoms with van der Waals surface area (Å²) >= 11 is 0. The number of benzene rings is 1. The molecule has 0 spiro atoms. The lowest BCUT2D eigenvalue weighted by Gasteiger charge is -2.30. The summed E-state index contributed by atoms with van der Waals surface area (Å²) in [6.07, 6.45) is 0. The first-order valence-corrected chi connectivity index (χ1v) is 6.49. The van der Waals surface area contributed by atoms with E-state index in [4.69, 9.17) is 10.5 Å². The maximum absolute atomic E-state index is 13.6. The van der Waals surface area contributed by atoms with Crippen LogP contribution < -0.4 is 10.5 Å². The first-order chi connectivity index (χ1) is 9.16. The number of nitrogens with two attached hydrogens (primary N) is 1. The molecule has 1 unspecified atom stereocenters. The molecule has 1 rings (SSSR count). The third-order valence-electron chi connectivity index (χ3n) is 3.21. The van der Waals surface area contributed by atoms with Crippen molar-refractivity contribution in [1.29, 1.82) is 0 Å². The number of nitrogens with zero attached hydrogens (tertiary/aromatic N) is 1. The van der Waals surface area contributed by atoms with Crippen LogP contribution >= 0.6 is 0 Å². The third-order valence-corrected chi connectivity index (χ3v) is 3.21. The number of rotatable bonds is 4. The lowest BCUT2D eigenvalue weighted by Crippen LogP contribution is -2.48. The number of amides is 1. The van der Waals surface area contributed by atoms with E-state index < -0.39 is 11.9 Å². The summed E-state index contributed by atoms with van der Waals surface area (Å²) < 4.78 is 18.5. The second kappa shape index (κ2) is 6.22. The van der Waals surface area contributed by atoms with Crippen molar-refractivity contribution in [3.8, 4) is 5.75 Å². The van der Waals surface area contributed by atoms with E-state index in [1.165, 1.54) is 18.1 Å². The van der Waals surface area contributed by atoms with Gasteiger partial charge in [0.05, 0.1) is 13.2 Å². The van der Waals surface area contributed by atoms with Gasteiger partial charge in [0.25, 0.3) is 0 Å². The van der Waals surface area contributed by atoms with E-state index in [1.807, 2.05) is 20.8 Å². The Morgan fingerprint density at radius 1 is 1.45 bits per heavy atom. The van der Waals surface area contributed by atoms with E-state index in [1.54, 1.807) is 19.2 Å². The van der Waals surface area contributed by atoms with Gasteiger partial charge < -0.3 is 15.4 Å². The van der Waals surface area contributed by atoms with Crippen molar-refractivity contribution in [2.24, 2.45) is 11.1 Å². The Hall–Kier alpha value is -1.62. The fraction of sp³-hybridized carbons (Fsp3) is 0.533. The molecule has 20 heavy (non-hydrogen) atoms. The number of hydrogen-bond acceptors (Lipinski definition) is 3. The van der Waals surface area contributed by atoms with E-state index >= 15 is 0 Å². The van der Waals surface area contributed by atoms with Gasteiger partial charge in [0.15, 0.2) is 11.6 Å². The minimum absolute atomic E-state index is 0.159. The fourth-order valence-electron chi connectivity index (χ4n) is 1.77. The summed E-state index contributed by atoms with van der Waals surface area (Å²) in [5.74, 6) is -0.409. The molecular formula is C15H23FN2O2. The monoisotopic (exact) mass is 282 g/mol. The second-order valence-corrected chi connectivity index (χ2v) is 6.01. The van der Waals surface area contributed by atoms with Gasteiger partial charge in [-0.1, -0.05) is 26.8 Å². The Kier molecular flexibility index (Phi) is 5.11. The molecule has 0 aliphatic carbocycles. The summed E-state index contributed by atoms with van der Waals surface area (Å²) in [5, 5.41) is 0. The summed E-state index contributed by atoms with van der Waals surface area (Å²) in [7, 11) is 3.08. The normalized spacial score (nSPS) is 12.9. The van der Waals surface area contributed by atoms with Crippen LogP contribution in [0.5, 0.6) is 5.75 Å². The van der Waals surface area contributed by atoms with Crippen LogP contribution in [0.2, 0.25) is 0 Å². The molecule has 0 fully saturated rings. The van der Waals surface area contributed by atoms with Crippen molar-refractivity contribution in [2.45, 2.75) is 33.4 Å². The molecule has 0 saturated carbocycles. The van der Waals surface area contributed by atoms with Gasteiger partial charge in [0.2, 0.25) is 5.91 Å². The molecule has 112 valence electrons. The Morgan fingerprint density at radius 2 is 2.05 bits per heavy atom. The maximum Gasteiger partial charge on any atom is 0.240 e. The smallest absolute Gasteiger partial charge is 0.240 e. The second-order valence-electron chi connectivity index (χ2n) is 6.01. The number of carbonyl (C=O) groups is 1. The maximum atomic E-state index is 13.6. The lowest BCUT2D eigenvalue weighted by atomic mass is 9.86. The van der Waals surface area contributed by atoms with Gasteiger partial charge in [0.1, 0.15) is 0 Å². The van der Waals surface area contributed by atoms with Gasteiger partial charge in [-0.3, -0.25) is 4.79 Å². The molecule has 0 aliphatic heterocycles.